The average molecular weight is 376 g/mol. The molecule has 26 heavy (non-hydrogen) atoms. The minimum atomic E-state index is -0.796. The number of hydrogen-bond acceptors (Lipinski definition) is 8. The van der Waals surface area contributed by atoms with E-state index in [1.165, 1.54) is 6.20 Å². The molecule has 1 saturated heterocycles. The molecule has 0 spiro atoms. The number of anilines is 1. The minimum absolute atomic E-state index is 0.115. The zero-order valence-electron chi connectivity index (χ0n) is 13.9. The molecule has 3 aromatic heterocycles. The van der Waals surface area contributed by atoms with Gasteiger partial charge in [0.25, 0.3) is 0 Å². The zero-order valence-corrected chi connectivity index (χ0v) is 14.6. The van der Waals surface area contributed by atoms with Crippen molar-refractivity contribution < 1.29 is 10.2 Å². The summed E-state index contributed by atoms with van der Waals surface area (Å²) in [5.74, 6) is 0.445. The minimum Gasteiger partial charge on any atom is -0.492 e. The fourth-order valence-electron chi connectivity index (χ4n) is 3.10. The van der Waals surface area contributed by atoms with Gasteiger partial charge in [-0.2, -0.15) is 5.10 Å². The molecule has 0 atom stereocenters. The number of aromatic hydroxyl groups is 1. The van der Waals surface area contributed by atoms with E-state index in [2.05, 4.69) is 30.0 Å². The van der Waals surface area contributed by atoms with Crippen molar-refractivity contribution in [1.82, 2.24) is 25.1 Å². The van der Waals surface area contributed by atoms with Gasteiger partial charge in [0.2, 0.25) is 5.88 Å². The SMILES string of the molecule is NCC1(O)CCN(c2cnc3c(-c4ccnc(O)c4Cl)n[nH]c3n2)CC1. The maximum absolute atomic E-state index is 10.3. The highest BCUT2D eigenvalue weighted by Crippen LogP contribution is 2.34. The number of aromatic nitrogens is 5. The molecule has 0 aliphatic carbocycles. The Hall–Kier alpha value is -2.49. The van der Waals surface area contributed by atoms with Crippen LogP contribution in [0.5, 0.6) is 5.88 Å². The number of hydrogen-bond donors (Lipinski definition) is 4. The molecule has 136 valence electrons. The number of nitrogens with two attached hydrogens (primary N) is 1. The molecule has 0 saturated carbocycles. The number of nitrogens with one attached hydrogen (secondary N) is 1. The lowest BCUT2D eigenvalue weighted by Gasteiger charge is -2.37. The molecule has 0 unspecified atom stereocenters. The van der Waals surface area contributed by atoms with Gasteiger partial charge in [0.1, 0.15) is 22.1 Å². The third-order valence-electron chi connectivity index (χ3n) is 4.78. The van der Waals surface area contributed by atoms with Gasteiger partial charge in [0.15, 0.2) is 5.65 Å². The number of aromatic amines is 1. The van der Waals surface area contributed by atoms with Crippen molar-refractivity contribution in [2.24, 2.45) is 5.73 Å². The van der Waals surface area contributed by atoms with E-state index in [4.69, 9.17) is 17.3 Å². The molecule has 1 aliphatic rings. The summed E-state index contributed by atoms with van der Waals surface area (Å²) in [7, 11) is 0. The van der Waals surface area contributed by atoms with Gasteiger partial charge in [-0.3, -0.25) is 5.10 Å². The van der Waals surface area contributed by atoms with E-state index >= 15 is 0 Å². The Bertz CT molecular complexity index is 953. The van der Waals surface area contributed by atoms with E-state index < -0.39 is 5.60 Å². The molecule has 4 heterocycles. The maximum atomic E-state index is 10.3. The summed E-state index contributed by atoms with van der Waals surface area (Å²) in [6.45, 7) is 1.56. The summed E-state index contributed by atoms with van der Waals surface area (Å²) >= 11 is 6.12. The number of H-pyrrole nitrogens is 1. The van der Waals surface area contributed by atoms with Gasteiger partial charge in [0.05, 0.1) is 11.8 Å². The van der Waals surface area contributed by atoms with Crippen LogP contribution in [0.1, 0.15) is 12.8 Å². The Balaban J connectivity index is 1.65. The summed E-state index contributed by atoms with van der Waals surface area (Å²) in [6, 6.07) is 1.66. The first-order valence-corrected chi connectivity index (χ1v) is 8.61. The highest BCUT2D eigenvalue weighted by Gasteiger charge is 2.31. The van der Waals surface area contributed by atoms with Crippen molar-refractivity contribution in [3.8, 4) is 17.1 Å². The molecule has 10 heteroatoms. The van der Waals surface area contributed by atoms with Gasteiger partial charge >= 0.3 is 0 Å². The number of rotatable bonds is 3. The summed E-state index contributed by atoms with van der Waals surface area (Å²) < 4.78 is 0. The van der Waals surface area contributed by atoms with E-state index in [1.807, 2.05) is 0 Å². The molecule has 0 radical (unpaired) electrons. The highest BCUT2D eigenvalue weighted by atomic mass is 35.5. The number of piperidine rings is 1. The maximum Gasteiger partial charge on any atom is 0.230 e. The predicted octanol–water partition coefficient (Wildman–Crippen LogP) is 1.06. The quantitative estimate of drug-likeness (QED) is 0.533. The van der Waals surface area contributed by atoms with E-state index in [-0.39, 0.29) is 17.4 Å². The molecule has 0 aromatic carbocycles. The van der Waals surface area contributed by atoms with Crippen LogP contribution in [0.15, 0.2) is 18.5 Å². The summed E-state index contributed by atoms with van der Waals surface area (Å²) in [5, 5.41) is 27.2. The van der Waals surface area contributed by atoms with Crippen LogP contribution in [0, 0.1) is 0 Å². The molecule has 4 rings (SSSR count). The standard InChI is InChI=1S/C16H18ClN7O2/c17-11-9(1-4-19-15(11)25)12-13-14(23-22-12)21-10(7-20-13)24-5-2-16(26,8-18)3-6-24/h1,4,7,26H,2-3,5-6,8,18H2,(H,19,25)(H,21,22,23). The van der Waals surface area contributed by atoms with E-state index in [9.17, 15) is 10.2 Å². The normalized spacial score (nSPS) is 17.0. The Morgan fingerprint density at radius 1 is 1.31 bits per heavy atom. The van der Waals surface area contributed by atoms with Gasteiger partial charge in [0, 0.05) is 31.4 Å². The second kappa shape index (κ2) is 6.35. The van der Waals surface area contributed by atoms with E-state index in [1.54, 1.807) is 12.3 Å². The van der Waals surface area contributed by atoms with E-state index in [0.29, 0.717) is 54.2 Å². The third kappa shape index (κ3) is 2.83. The number of halogens is 1. The first-order chi connectivity index (χ1) is 12.5. The number of aliphatic hydroxyl groups is 1. The van der Waals surface area contributed by atoms with E-state index in [0.717, 1.165) is 0 Å². The topological polar surface area (TPSA) is 137 Å². The van der Waals surface area contributed by atoms with Crippen molar-refractivity contribution in [3.05, 3.63) is 23.5 Å². The van der Waals surface area contributed by atoms with Crippen molar-refractivity contribution in [2.75, 3.05) is 24.5 Å². The second-order valence-corrected chi connectivity index (χ2v) is 6.79. The van der Waals surface area contributed by atoms with Gasteiger partial charge in [-0.15, -0.1) is 0 Å². The van der Waals surface area contributed by atoms with Gasteiger partial charge in [-0.05, 0) is 18.9 Å². The Kier molecular flexibility index (Phi) is 4.14. The first-order valence-electron chi connectivity index (χ1n) is 8.23. The number of nitrogens with zero attached hydrogens (tertiary/aromatic N) is 5. The molecular weight excluding hydrogens is 358 g/mol. The fourth-order valence-corrected chi connectivity index (χ4v) is 3.31. The Morgan fingerprint density at radius 3 is 2.81 bits per heavy atom. The summed E-state index contributed by atoms with van der Waals surface area (Å²) in [4.78, 5) is 14.9. The number of fused-ring (bicyclic) bond motifs is 1. The summed E-state index contributed by atoms with van der Waals surface area (Å²) in [6.07, 6.45) is 4.29. The molecular formula is C16H18ClN7O2. The first kappa shape index (κ1) is 17.0. The van der Waals surface area contributed by atoms with Crippen molar-refractivity contribution in [2.45, 2.75) is 18.4 Å². The molecule has 1 fully saturated rings. The number of pyridine rings is 1. The fraction of sp³-hybridized carbons (Fsp3) is 0.375. The van der Waals surface area contributed by atoms with Crippen molar-refractivity contribution in [3.63, 3.8) is 0 Å². The monoisotopic (exact) mass is 375 g/mol. The van der Waals surface area contributed by atoms with Crippen LogP contribution in [-0.4, -0.2) is 60.6 Å². The lowest BCUT2D eigenvalue weighted by atomic mass is 9.92. The lowest BCUT2D eigenvalue weighted by molar-refractivity contribution is 0.0249. The lowest BCUT2D eigenvalue weighted by Crippen LogP contribution is -2.49. The summed E-state index contributed by atoms with van der Waals surface area (Å²) in [5.41, 5.74) is 6.93. The Morgan fingerprint density at radius 2 is 2.08 bits per heavy atom. The zero-order chi connectivity index (χ0) is 18.3. The average Bonchev–Trinajstić information content (AvgIpc) is 3.07. The Labute approximate surface area is 153 Å². The van der Waals surface area contributed by atoms with Crippen molar-refractivity contribution >= 4 is 28.6 Å². The molecule has 0 bridgehead atoms. The predicted molar refractivity (Wildman–Crippen MR) is 97.0 cm³/mol. The van der Waals surface area contributed by atoms with Crippen LogP contribution in [0.25, 0.3) is 22.4 Å². The second-order valence-electron chi connectivity index (χ2n) is 6.41. The van der Waals surface area contributed by atoms with Gasteiger partial charge < -0.3 is 20.8 Å². The third-order valence-corrected chi connectivity index (χ3v) is 5.15. The van der Waals surface area contributed by atoms with Crippen LogP contribution in [0.3, 0.4) is 0 Å². The molecule has 0 amide bonds. The largest absolute Gasteiger partial charge is 0.492 e. The van der Waals surface area contributed by atoms with Crippen LogP contribution in [-0.2, 0) is 0 Å². The molecule has 9 nitrogen and oxygen atoms in total. The molecule has 1 aliphatic heterocycles. The molecule has 3 aromatic rings. The van der Waals surface area contributed by atoms with Crippen LogP contribution < -0.4 is 10.6 Å². The molecule has 5 N–H and O–H groups in total. The van der Waals surface area contributed by atoms with Crippen LogP contribution >= 0.6 is 11.6 Å². The highest BCUT2D eigenvalue weighted by molar-refractivity contribution is 6.34. The smallest absolute Gasteiger partial charge is 0.230 e. The van der Waals surface area contributed by atoms with Gasteiger partial charge in [-0.25, -0.2) is 15.0 Å². The van der Waals surface area contributed by atoms with Crippen molar-refractivity contribution in [1.29, 1.82) is 0 Å². The van der Waals surface area contributed by atoms with Crippen LogP contribution in [0.2, 0.25) is 5.02 Å². The van der Waals surface area contributed by atoms with Gasteiger partial charge in [-0.1, -0.05) is 11.6 Å². The van der Waals surface area contributed by atoms with Crippen LogP contribution in [0.4, 0.5) is 5.82 Å².